The van der Waals surface area contributed by atoms with Crippen LogP contribution in [0, 0.1) is 0 Å². The zero-order chi connectivity index (χ0) is 72.2. The lowest BCUT2D eigenvalue weighted by molar-refractivity contribution is -0.154. The number of carbonyl (C=O) groups is 11. The van der Waals surface area contributed by atoms with Gasteiger partial charge in [0.15, 0.2) is 24.4 Å². The summed E-state index contributed by atoms with van der Waals surface area (Å²) in [6.45, 7) is 32.2. The molecule has 0 aliphatic heterocycles. The maximum absolute atomic E-state index is 11.9. The highest BCUT2D eigenvalue weighted by Crippen LogP contribution is 2.08. The summed E-state index contributed by atoms with van der Waals surface area (Å²) in [5.74, 6) is -3.66. The van der Waals surface area contributed by atoms with Gasteiger partial charge in [0.05, 0.1) is 30.9 Å². The first kappa shape index (κ1) is 89.9. The molecule has 0 aliphatic rings. The first-order valence-electron chi connectivity index (χ1n) is 28.1. The van der Waals surface area contributed by atoms with Gasteiger partial charge in [-0.05, 0) is 60.7 Å². The molecule has 0 heterocycles. The van der Waals surface area contributed by atoms with E-state index in [9.17, 15) is 52.7 Å². The molecule has 27 nitrogen and oxygen atoms in total. The van der Waals surface area contributed by atoms with Crippen LogP contribution in [0.2, 0.25) is 0 Å². The topological polar surface area (TPSA) is 368 Å². The van der Waals surface area contributed by atoms with Crippen LogP contribution in [0.25, 0.3) is 0 Å². The number of rotatable bonds is 30. The van der Waals surface area contributed by atoms with Gasteiger partial charge in [0.1, 0.15) is 64.6 Å². The number of aliphatic hydroxyl groups is 3. The average molecular weight is 1330 g/mol. The van der Waals surface area contributed by atoms with Gasteiger partial charge in [-0.2, -0.15) is 0 Å². The molecule has 0 radical (unpaired) electrons. The summed E-state index contributed by atoms with van der Waals surface area (Å²) in [6.07, 6.45) is 3.60. The third kappa shape index (κ3) is 54.4. The maximum Gasteiger partial charge on any atom is 0.508 e. The van der Waals surface area contributed by atoms with Crippen molar-refractivity contribution in [1.29, 1.82) is 0 Å². The Hall–Kier alpha value is -10.5. The molecular weight excluding hydrogens is 1240 g/mol. The van der Waals surface area contributed by atoms with Gasteiger partial charge in [0.25, 0.3) is 0 Å². The van der Waals surface area contributed by atoms with Crippen molar-refractivity contribution in [3.8, 4) is 0 Å². The van der Waals surface area contributed by atoms with Gasteiger partial charge in [-0.25, -0.2) is 24.0 Å². The number of esters is 9. The monoisotopic (exact) mass is 1320 g/mol. The van der Waals surface area contributed by atoms with Crippen molar-refractivity contribution in [3.63, 3.8) is 0 Å². The highest BCUT2D eigenvalue weighted by molar-refractivity contribution is 5.90. The van der Waals surface area contributed by atoms with Crippen LogP contribution in [0.15, 0.2) is 180 Å². The van der Waals surface area contributed by atoms with Gasteiger partial charge in [0, 0.05) is 40.5 Å². The summed E-state index contributed by atoms with van der Waals surface area (Å²) in [5, 5.41) is 26.6. The van der Waals surface area contributed by atoms with E-state index in [2.05, 4.69) is 83.9 Å². The first-order valence-corrected chi connectivity index (χ1v) is 28.1. The van der Waals surface area contributed by atoms with Crippen molar-refractivity contribution in [1.82, 2.24) is 0 Å². The van der Waals surface area contributed by atoms with E-state index in [-0.39, 0.29) is 58.2 Å². The molecule has 3 N–H and O–H groups in total. The van der Waals surface area contributed by atoms with Crippen LogP contribution < -0.4 is 0 Å². The van der Waals surface area contributed by atoms with Crippen LogP contribution in [0.3, 0.4) is 0 Å². The molecule has 0 saturated carbocycles. The lowest BCUT2D eigenvalue weighted by Gasteiger charge is -2.14. The summed E-state index contributed by atoms with van der Waals surface area (Å²) in [7, 11) is 2.34. The van der Waals surface area contributed by atoms with Crippen molar-refractivity contribution < 1.29 is 130 Å². The molecule has 3 rings (SSSR count). The van der Waals surface area contributed by atoms with Gasteiger partial charge in [0.2, 0.25) is 0 Å². The number of hydrogen-bond donors (Lipinski definition) is 3. The molecule has 3 aromatic carbocycles. The second-order valence-corrected chi connectivity index (χ2v) is 17.4. The van der Waals surface area contributed by atoms with Gasteiger partial charge >= 0.3 is 66.0 Å². The van der Waals surface area contributed by atoms with E-state index in [1.807, 2.05) is 18.2 Å². The summed E-state index contributed by atoms with van der Waals surface area (Å²) < 4.78 is 60.6. The number of aliphatic hydroxyl groups excluding tert-OH is 3. The minimum absolute atomic E-state index is 0.00116. The van der Waals surface area contributed by atoms with E-state index < -0.39 is 96.8 Å². The maximum atomic E-state index is 11.9. The number of methoxy groups -OCH3 is 2. The Balaban J connectivity index is -0.000000513. The third-order valence-electron chi connectivity index (χ3n) is 9.82. The molecule has 0 aliphatic carbocycles. The van der Waals surface area contributed by atoms with E-state index in [1.54, 1.807) is 86.6 Å². The Morgan fingerprint density at radius 2 is 0.638 bits per heavy atom. The third-order valence-corrected chi connectivity index (χ3v) is 9.82. The number of ether oxygens (including phenoxy) is 13. The molecule has 3 aromatic rings. The van der Waals surface area contributed by atoms with Crippen molar-refractivity contribution >= 4 is 66.0 Å². The van der Waals surface area contributed by atoms with Crippen molar-refractivity contribution in [2.45, 2.75) is 97.1 Å². The van der Waals surface area contributed by atoms with Crippen LogP contribution in [0.1, 0.15) is 85.5 Å². The largest absolute Gasteiger partial charge is 0.508 e. The molecule has 518 valence electrons. The smallest absolute Gasteiger partial charge is 0.463 e. The van der Waals surface area contributed by atoms with Crippen LogP contribution in [-0.4, -0.2) is 185 Å². The fraction of sp³-hybridized carbons (Fsp3) is 0.358. The summed E-state index contributed by atoms with van der Waals surface area (Å²) in [4.78, 5) is 119. The fourth-order valence-corrected chi connectivity index (χ4v) is 4.95. The highest BCUT2D eigenvalue weighted by atomic mass is 16.7. The molecule has 0 spiro atoms. The van der Waals surface area contributed by atoms with Gasteiger partial charge < -0.3 is 76.9 Å². The zero-order valence-corrected chi connectivity index (χ0v) is 54.2. The summed E-state index contributed by atoms with van der Waals surface area (Å²) >= 11 is 0. The minimum atomic E-state index is -0.872. The van der Waals surface area contributed by atoms with E-state index in [0.29, 0.717) is 29.5 Å². The Labute approximate surface area is 547 Å². The molecule has 0 saturated heterocycles. The molecule has 7 unspecified atom stereocenters. The molecule has 94 heavy (non-hydrogen) atoms. The van der Waals surface area contributed by atoms with Crippen LogP contribution in [-0.2, 0) is 90.3 Å². The molecule has 0 bridgehead atoms. The lowest BCUT2D eigenvalue weighted by atomic mass is 10.2. The van der Waals surface area contributed by atoms with E-state index in [0.717, 1.165) is 0 Å². The van der Waals surface area contributed by atoms with E-state index >= 15 is 0 Å². The lowest BCUT2D eigenvalue weighted by Crippen LogP contribution is -2.23. The van der Waals surface area contributed by atoms with Crippen molar-refractivity contribution in [3.05, 3.63) is 196 Å². The van der Waals surface area contributed by atoms with Gasteiger partial charge in [-0.3, -0.25) is 28.8 Å². The fourth-order valence-electron chi connectivity index (χ4n) is 4.95. The van der Waals surface area contributed by atoms with Crippen molar-refractivity contribution in [2.75, 3.05) is 60.5 Å². The molecule has 0 amide bonds. The van der Waals surface area contributed by atoms with Gasteiger partial charge in [-0.1, -0.05) is 113 Å². The standard InChI is InChI=1S/C18H16O4.C11H12O3.C9H14O4.C8H12O6.C8H12O4.C7H12O3.C6H10O3/c1-2-16(22-18(20)15-11-7-4-8-12-15)13-21-17(19)14-9-5-3-6-10-14;1-2-10(12)8-14-11(13)9-6-4-3-5-7-9;1-4-8(6-12-7(3)10)13-9(11)5-2;1-4-6(14-8(10)12-3)5-13-7(9)11-2;1-4-8(12-7(3)10)5-11-6(2)9;1-3-6(8)5-10-7(9)4-2;1-3-6(8)4-9-5(2)7/h2-12,16H,1,13H2;2-7,10,12H,1,8H2;4,8H,1,5-6H2,2-3H3;4,6H,1,5H2,2-3H3;4,8H,1,5H2,2-3H3;3,6,8H,1,4-5H2,2H3;3,6,8H,1,4H2,2H3. The normalized spacial score (nSPS) is 11.6. The Kier molecular flexibility index (Phi) is 56.3. The molecule has 0 aromatic heterocycles. The van der Waals surface area contributed by atoms with Gasteiger partial charge in [-0.15, -0.1) is 19.7 Å². The first-order chi connectivity index (χ1) is 44.6. The quantitative estimate of drug-likeness (QED) is 0.0322. The summed E-state index contributed by atoms with van der Waals surface area (Å²) in [6, 6.07) is 25.8. The number of carbonyl (C=O) groups excluding carboxylic acids is 11. The number of hydrogen-bond acceptors (Lipinski definition) is 27. The average Bonchev–Trinajstić information content (AvgIpc) is 1.29. The SMILES string of the molecule is C=CC(COC(=O)OC)OC(=O)OC.C=CC(COC(=O)c1ccccc1)OC(=O)c1ccccc1.C=CC(COC(C)=O)OC(=O)CC.C=CC(COC(C)=O)OC(C)=O.C=CC(O)COC(=O)CC.C=CC(O)COC(=O)c1ccccc1.C=CC(O)COC(C)=O. The Morgan fingerprint density at radius 3 is 0.979 bits per heavy atom. The van der Waals surface area contributed by atoms with Crippen molar-refractivity contribution in [2.24, 2.45) is 0 Å². The van der Waals surface area contributed by atoms with Crippen LogP contribution >= 0.6 is 0 Å². The zero-order valence-electron chi connectivity index (χ0n) is 54.2. The van der Waals surface area contributed by atoms with E-state index in [4.69, 9.17) is 39.0 Å². The number of benzene rings is 3. The minimum Gasteiger partial charge on any atom is -0.463 e. The molecular formula is C67H88O27. The predicted octanol–water partition coefficient (Wildman–Crippen LogP) is 8.06. The Morgan fingerprint density at radius 1 is 0.340 bits per heavy atom. The predicted molar refractivity (Wildman–Crippen MR) is 341 cm³/mol. The molecule has 7 atom stereocenters. The van der Waals surface area contributed by atoms with Crippen LogP contribution in [0.5, 0.6) is 0 Å². The van der Waals surface area contributed by atoms with Crippen LogP contribution in [0.4, 0.5) is 9.59 Å². The highest BCUT2D eigenvalue weighted by Gasteiger charge is 2.17. The Bertz CT molecular complexity index is 2750. The molecule has 0 fully saturated rings. The second kappa shape index (κ2) is 58.8. The summed E-state index contributed by atoms with van der Waals surface area (Å²) in [5.41, 5.74) is 1.35. The molecule has 27 heteroatoms. The van der Waals surface area contributed by atoms with E-state index in [1.165, 1.54) is 84.4 Å². The second-order valence-electron chi connectivity index (χ2n) is 17.4.